The lowest BCUT2D eigenvalue weighted by molar-refractivity contribution is 0.401. The number of ether oxygens (including phenoxy) is 1. The average molecular weight is 354 g/mol. The summed E-state index contributed by atoms with van der Waals surface area (Å²) in [6, 6.07) is 4.96. The quantitative estimate of drug-likeness (QED) is 0.872. The molecular formula is C14H18N4O3S2. The van der Waals surface area contributed by atoms with Crippen LogP contribution in [0.4, 0.5) is 5.13 Å². The first-order chi connectivity index (χ1) is 10.9. The Labute approximate surface area is 139 Å². The second kappa shape index (κ2) is 6.06. The van der Waals surface area contributed by atoms with Crippen LogP contribution in [0.15, 0.2) is 23.1 Å². The maximum Gasteiger partial charge on any atom is 0.244 e. The molecule has 1 fully saturated rings. The van der Waals surface area contributed by atoms with Crippen molar-refractivity contribution in [1.29, 1.82) is 0 Å². The lowest BCUT2D eigenvalue weighted by Gasteiger charge is -2.38. The van der Waals surface area contributed by atoms with Crippen molar-refractivity contribution in [2.24, 2.45) is 0 Å². The number of anilines is 1. The Morgan fingerprint density at radius 1 is 1.30 bits per heavy atom. The number of aryl methyl sites for hydroxylation is 2. The van der Waals surface area contributed by atoms with Gasteiger partial charge in [0.1, 0.15) is 15.7 Å². The van der Waals surface area contributed by atoms with Crippen molar-refractivity contribution < 1.29 is 13.2 Å². The van der Waals surface area contributed by atoms with Gasteiger partial charge in [-0.05, 0) is 31.5 Å². The molecular weight excluding hydrogens is 336 g/mol. The van der Waals surface area contributed by atoms with Gasteiger partial charge in [-0.25, -0.2) is 13.1 Å². The van der Waals surface area contributed by atoms with Crippen molar-refractivity contribution in [3.05, 3.63) is 28.8 Å². The van der Waals surface area contributed by atoms with Crippen molar-refractivity contribution in [3.8, 4) is 5.75 Å². The molecule has 124 valence electrons. The van der Waals surface area contributed by atoms with E-state index in [1.165, 1.54) is 18.4 Å². The van der Waals surface area contributed by atoms with Gasteiger partial charge in [0.15, 0.2) is 0 Å². The first kappa shape index (κ1) is 16.2. The molecule has 0 unspecified atom stereocenters. The number of sulfonamides is 1. The Balaban J connectivity index is 1.70. The van der Waals surface area contributed by atoms with Crippen molar-refractivity contribution >= 4 is 26.5 Å². The molecule has 1 saturated heterocycles. The van der Waals surface area contributed by atoms with Crippen LogP contribution in [0.2, 0.25) is 0 Å². The molecule has 0 amide bonds. The summed E-state index contributed by atoms with van der Waals surface area (Å²) in [6.07, 6.45) is 0. The lowest BCUT2D eigenvalue weighted by Crippen LogP contribution is -2.59. The molecule has 0 spiro atoms. The van der Waals surface area contributed by atoms with Crippen LogP contribution in [0.3, 0.4) is 0 Å². The summed E-state index contributed by atoms with van der Waals surface area (Å²) in [5.74, 6) is 0.346. The predicted molar refractivity (Wildman–Crippen MR) is 88.7 cm³/mol. The van der Waals surface area contributed by atoms with Gasteiger partial charge in [0.05, 0.1) is 13.2 Å². The molecule has 2 aromatic rings. The third kappa shape index (κ3) is 3.31. The van der Waals surface area contributed by atoms with Gasteiger partial charge in [0.2, 0.25) is 15.2 Å². The molecule has 0 bridgehead atoms. The van der Waals surface area contributed by atoms with Crippen LogP contribution in [0, 0.1) is 13.8 Å². The fourth-order valence-electron chi connectivity index (χ4n) is 2.40. The molecule has 1 aromatic carbocycles. The molecule has 1 aliphatic rings. The Morgan fingerprint density at radius 3 is 2.65 bits per heavy atom. The highest BCUT2D eigenvalue weighted by Gasteiger charge is 2.33. The van der Waals surface area contributed by atoms with Crippen LogP contribution >= 0.6 is 11.3 Å². The van der Waals surface area contributed by atoms with Crippen LogP contribution in [0.25, 0.3) is 0 Å². The number of hydrogen-bond acceptors (Lipinski definition) is 7. The molecule has 1 aromatic heterocycles. The van der Waals surface area contributed by atoms with Crippen LogP contribution in [-0.4, -0.2) is 44.9 Å². The summed E-state index contributed by atoms with van der Waals surface area (Å²) in [6.45, 7) is 4.91. The third-order valence-electron chi connectivity index (χ3n) is 3.60. The van der Waals surface area contributed by atoms with E-state index in [0.29, 0.717) is 18.8 Å². The van der Waals surface area contributed by atoms with E-state index < -0.39 is 10.0 Å². The zero-order chi connectivity index (χ0) is 16.6. The van der Waals surface area contributed by atoms with Crippen LogP contribution < -0.4 is 14.4 Å². The normalized spacial score (nSPS) is 15.5. The predicted octanol–water partition coefficient (Wildman–Crippen LogP) is 1.33. The van der Waals surface area contributed by atoms with E-state index in [1.54, 1.807) is 12.1 Å². The van der Waals surface area contributed by atoms with Gasteiger partial charge in [0.25, 0.3) is 0 Å². The zero-order valence-corrected chi connectivity index (χ0v) is 14.7. The highest BCUT2D eigenvalue weighted by molar-refractivity contribution is 7.89. The van der Waals surface area contributed by atoms with E-state index in [1.807, 2.05) is 24.8 Å². The molecule has 7 nitrogen and oxygen atoms in total. The Hall–Kier alpha value is -1.71. The van der Waals surface area contributed by atoms with E-state index in [9.17, 15) is 8.42 Å². The minimum absolute atomic E-state index is 0.144. The molecule has 0 radical (unpaired) electrons. The monoisotopic (exact) mass is 354 g/mol. The molecule has 0 aliphatic carbocycles. The number of nitrogens with zero attached hydrogens (tertiary/aromatic N) is 3. The highest BCUT2D eigenvalue weighted by Crippen LogP contribution is 2.27. The minimum Gasteiger partial charge on any atom is -0.495 e. The zero-order valence-electron chi connectivity index (χ0n) is 13.1. The van der Waals surface area contributed by atoms with Gasteiger partial charge in [-0.15, -0.1) is 10.2 Å². The summed E-state index contributed by atoms with van der Waals surface area (Å²) in [7, 11) is -2.16. The number of benzene rings is 1. The summed E-state index contributed by atoms with van der Waals surface area (Å²) < 4.78 is 33.1. The van der Waals surface area contributed by atoms with Crippen molar-refractivity contribution in [2.45, 2.75) is 24.8 Å². The molecule has 0 saturated carbocycles. The number of methoxy groups -OCH3 is 1. The second-order valence-corrected chi connectivity index (χ2v) is 8.32. The Morgan fingerprint density at radius 2 is 2.04 bits per heavy atom. The van der Waals surface area contributed by atoms with E-state index in [0.717, 1.165) is 15.7 Å². The molecule has 23 heavy (non-hydrogen) atoms. The van der Waals surface area contributed by atoms with E-state index in [4.69, 9.17) is 4.74 Å². The fraction of sp³-hybridized carbons (Fsp3) is 0.429. The highest BCUT2D eigenvalue weighted by atomic mass is 32.2. The first-order valence-electron chi connectivity index (χ1n) is 7.11. The molecule has 1 N–H and O–H groups in total. The van der Waals surface area contributed by atoms with Gasteiger partial charge in [-0.1, -0.05) is 17.4 Å². The summed E-state index contributed by atoms with van der Waals surface area (Å²) in [5.41, 5.74) is 0.866. The van der Waals surface area contributed by atoms with Crippen LogP contribution in [0.5, 0.6) is 5.75 Å². The average Bonchev–Trinajstić information content (AvgIpc) is 2.88. The third-order valence-corrected chi connectivity index (χ3v) is 6.04. The van der Waals surface area contributed by atoms with Gasteiger partial charge in [-0.2, -0.15) is 0 Å². The van der Waals surface area contributed by atoms with Crippen molar-refractivity contribution in [2.75, 3.05) is 25.1 Å². The molecule has 2 heterocycles. The summed E-state index contributed by atoms with van der Waals surface area (Å²) in [5, 5.41) is 9.76. The maximum atomic E-state index is 12.6. The molecule has 1 aliphatic heterocycles. The van der Waals surface area contributed by atoms with Gasteiger partial charge in [0, 0.05) is 13.1 Å². The van der Waals surface area contributed by atoms with Crippen LogP contribution in [0.1, 0.15) is 10.6 Å². The Kier molecular flexibility index (Phi) is 4.26. The van der Waals surface area contributed by atoms with Gasteiger partial charge in [-0.3, -0.25) is 0 Å². The lowest BCUT2D eigenvalue weighted by atomic mass is 10.1. The van der Waals surface area contributed by atoms with E-state index in [2.05, 4.69) is 14.9 Å². The smallest absolute Gasteiger partial charge is 0.244 e. The molecule has 0 atom stereocenters. The van der Waals surface area contributed by atoms with Crippen molar-refractivity contribution in [3.63, 3.8) is 0 Å². The Bertz CT molecular complexity index is 813. The summed E-state index contributed by atoms with van der Waals surface area (Å²) >= 11 is 1.50. The van der Waals surface area contributed by atoms with Gasteiger partial charge >= 0.3 is 0 Å². The van der Waals surface area contributed by atoms with Gasteiger partial charge < -0.3 is 9.64 Å². The number of rotatable bonds is 5. The number of hydrogen-bond donors (Lipinski definition) is 1. The number of aromatic nitrogens is 2. The van der Waals surface area contributed by atoms with E-state index in [-0.39, 0.29) is 10.9 Å². The van der Waals surface area contributed by atoms with E-state index >= 15 is 0 Å². The van der Waals surface area contributed by atoms with Crippen LogP contribution in [-0.2, 0) is 10.0 Å². The maximum absolute atomic E-state index is 12.6. The first-order valence-corrected chi connectivity index (χ1v) is 9.41. The molecule has 9 heteroatoms. The molecule has 3 rings (SSSR count). The topological polar surface area (TPSA) is 84.4 Å². The number of nitrogens with one attached hydrogen (secondary N) is 1. The summed E-state index contributed by atoms with van der Waals surface area (Å²) in [4.78, 5) is 2.18. The second-order valence-electron chi connectivity index (χ2n) is 5.48. The SMILES string of the molecule is COc1ccc(C)cc1S(=O)(=O)NC1CN(c2nnc(C)s2)C1. The minimum atomic E-state index is -3.62. The fourth-order valence-corrected chi connectivity index (χ4v) is 4.58. The van der Waals surface area contributed by atoms with Crippen molar-refractivity contribution in [1.82, 2.24) is 14.9 Å². The standard InChI is InChI=1S/C14H18N4O3S2/c1-9-4-5-12(21-3)13(6-9)23(19,20)17-11-7-18(8-11)14-16-15-10(2)22-14/h4-6,11,17H,7-8H2,1-3H3. The largest absolute Gasteiger partial charge is 0.495 e.